The van der Waals surface area contributed by atoms with E-state index >= 15 is 0 Å². The van der Waals surface area contributed by atoms with E-state index < -0.39 is 0 Å². The fourth-order valence-electron chi connectivity index (χ4n) is 2.53. The monoisotopic (exact) mass is 433 g/mol. The zero-order chi connectivity index (χ0) is 15.9. The van der Waals surface area contributed by atoms with Crippen molar-refractivity contribution in [1.82, 2.24) is 9.80 Å². The minimum atomic E-state index is 0. The lowest BCUT2D eigenvalue weighted by atomic mass is 10.2. The molecule has 130 valence electrons. The number of hydrogen-bond acceptors (Lipinski definition) is 4. The molecule has 1 fully saturated rings. The molecule has 1 aromatic carbocycles. The number of ether oxygens (including phenoxy) is 1. The predicted molar refractivity (Wildman–Crippen MR) is 107 cm³/mol. The Morgan fingerprint density at radius 2 is 1.96 bits per heavy atom. The maximum absolute atomic E-state index is 5.99. The Bertz CT molecular complexity index is 503. The zero-order valence-corrected chi connectivity index (χ0v) is 16.5. The number of nitrogens with two attached hydrogens (primary N) is 1. The van der Waals surface area contributed by atoms with E-state index in [1.54, 1.807) is 7.11 Å². The first-order valence-electron chi connectivity index (χ1n) is 7.72. The van der Waals surface area contributed by atoms with Crippen LogP contribution in [0.5, 0.6) is 5.75 Å². The van der Waals surface area contributed by atoms with Gasteiger partial charge in [0.15, 0.2) is 5.96 Å². The number of likely N-dealkylation sites (N-methyl/N-ethyl adjacent to an activating group) is 1. The summed E-state index contributed by atoms with van der Waals surface area (Å²) in [6, 6.07) is 8.07. The molecule has 1 aromatic rings. The lowest BCUT2D eigenvalue weighted by Gasteiger charge is -2.35. The first-order chi connectivity index (χ1) is 10.6. The summed E-state index contributed by atoms with van der Waals surface area (Å²) in [4.78, 5) is 9.27. The quantitative estimate of drug-likeness (QED) is 0.420. The largest absolute Gasteiger partial charge is 0.495 e. The van der Waals surface area contributed by atoms with E-state index in [9.17, 15) is 0 Å². The van der Waals surface area contributed by atoms with Crippen molar-refractivity contribution < 1.29 is 4.74 Å². The summed E-state index contributed by atoms with van der Waals surface area (Å²) in [5, 5.41) is 3.10. The molecule has 1 aliphatic heterocycles. The van der Waals surface area contributed by atoms with E-state index in [0.717, 1.165) is 37.6 Å². The summed E-state index contributed by atoms with van der Waals surface area (Å²) in [7, 11) is 3.80. The number of rotatable bonds is 5. The van der Waals surface area contributed by atoms with Crippen LogP contribution in [-0.2, 0) is 0 Å². The first-order valence-corrected chi connectivity index (χ1v) is 7.72. The van der Waals surface area contributed by atoms with Crippen LogP contribution in [0.1, 0.15) is 6.92 Å². The lowest BCUT2D eigenvalue weighted by Crippen LogP contribution is -2.49. The van der Waals surface area contributed by atoms with Crippen LogP contribution in [0.4, 0.5) is 5.69 Å². The molecule has 1 heterocycles. The van der Waals surface area contributed by atoms with Gasteiger partial charge in [0.05, 0.1) is 19.3 Å². The summed E-state index contributed by atoms with van der Waals surface area (Å²) >= 11 is 0. The Morgan fingerprint density at radius 1 is 1.30 bits per heavy atom. The van der Waals surface area contributed by atoms with Crippen molar-refractivity contribution in [2.45, 2.75) is 13.0 Å². The molecule has 1 aliphatic rings. The molecule has 0 amide bonds. The number of hydrogen-bond donors (Lipinski definition) is 2. The van der Waals surface area contributed by atoms with Crippen molar-refractivity contribution in [3.05, 3.63) is 24.3 Å². The number of aliphatic imine (C=N–C) groups is 1. The number of piperazine rings is 1. The zero-order valence-electron chi connectivity index (χ0n) is 14.2. The Kier molecular flexibility index (Phi) is 8.64. The number of guanidine groups is 1. The number of halogens is 1. The van der Waals surface area contributed by atoms with Crippen molar-refractivity contribution >= 4 is 35.6 Å². The molecule has 0 radical (unpaired) electrons. The summed E-state index contributed by atoms with van der Waals surface area (Å²) in [6.45, 7) is 7.30. The van der Waals surface area contributed by atoms with Crippen molar-refractivity contribution in [3.8, 4) is 5.75 Å². The van der Waals surface area contributed by atoms with Crippen LogP contribution in [-0.4, -0.2) is 68.7 Å². The molecule has 1 unspecified atom stereocenters. The Balaban J connectivity index is 0.00000264. The van der Waals surface area contributed by atoms with Gasteiger partial charge in [0, 0.05) is 32.2 Å². The summed E-state index contributed by atoms with van der Waals surface area (Å²) in [6.07, 6.45) is 0. The van der Waals surface area contributed by atoms with Gasteiger partial charge in [0.2, 0.25) is 0 Å². The van der Waals surface area contributed by atoms with Crippen LogP contribution in [0.25, 0.3) is 0 Å². The van der Waals surface area contributed by atoms with Gasteiger partial charge in [-0.25, -0.2) is 0 Å². The molecular weight excluding hydrogens is 405 g/mol. The molecular formula is C16H28IN5O. The number of benzene rings is 1. The summed E-state index contributed by atoms with van der Waals surface area (Å²) in [5.74, 6) is 1.18. The molecule has 0 bridgehead atoms. The van der Waals surface area contributed by atoms with E-state index in [4.69, 9.17) is 10.5 Å². The second-order valence-corrected chi connectivity index (χ2v) is 5.74. The molecule has 0 saturated carbocycles. The molecule has 1 saturated heterocycles. The van der Waals surface area contributed by atoms with Gasteiger partial charge < -0.3 is 20.7 Å². The number of anilines is 1. The number of nitrogens with one attached hydrogen (secondary N) is 1. The Labute approximate surface area is 156 Å². The molecule has 3 N–H and O–H groups in total. The smallest absolute Gasteiger partial charge is 0.193 e. The molecule has 2 rings (SSSR count). The molecule has 1 atom stereocenters. The van der Waals surface area contributed by atoms with Gasteiger partial charge in [0.25, 0.3) is 0 Å². The van der Waals surface area contributed by atoms with E-state index in [2.05, 4.69) is 34.1 Å². The van der Waals surface area contributed by atoms with Crippen LogP contribution in [0.15, 0.2) is 29.3 Å². The van der Waals surface area contributed by atoms with Crippen LogP contribution in [0, 0.1) is 0 Å². The highest BCUT2D eigenvalue weighted by Crippen LogP contribution is 2.22. The second-order valence-electron chi connectivity index (χ2n) is 5.74. The topological polar surface area (TPSA) is 66.1 Å². The van der Waals surface area contributed by atoms with E-state index in [1.807, 2.05) is 24.3 Å². The Hall–Kier alpha value is -1.06. The fourth-order valence-corrected chi connectivity index (χ4v) is 2.53. The SMILES string of the molecule is COc1ccccc1NC(N)=NCC(C)N1CCN(C)CC1.I. The minimum absolute atomic E-state index is 0. The second kappa shape index (κ2) is 9.94. The molecule has 0 spiro atoms. The Morgan fingerprint density at radius 3 is 2.61 bits per heavy atom. The van der Waals surface area contributed by atoms with E-state index in [1.165, 1.54) is 0 Å². The van der Waals surface area contributed by atoms with Gasteiger partial charge in [0.1, 0.15) is 5.75 Å². The van der Waals surface area contributed by atoms with Crippen LogP contribution in [0.2, 0.25) is 0 Å². The van der Waals surface area contributed by atoms with Gasteiger partial charge in [-0.1, -0.05) is 12.1 Å². The maximum Gasteiger partial charge on any atom is 0.193 e. The highest BCUT2D eigenvalue weighted by molar-refractivity contribution is 14.0. The predicted octanol–water partition coefficient (Wildman–Crippen LogP) is 1.68. The highest BCUT2D eigenvalue weighted by Gasteiger charge is 2.18. The van der Waals surface area contributed by atoms with Gasteiger partial charge in [-0.05, 0) is 26.1 Å². The number of nitrogens with zero attached hydrogens (tertiary/aromatic N) is 3. The summed E-state index contributed by atoms with van der Waals surface area (Å²) < 4.78 is 5.29. The van der Waals surface area contributed by atoms with Crippen molar-refractivity contribution in [2.75, 3.05) is 52.2 Å². The van der Waals surface area contributed by atoms with Gasteiger partial charge in [-0.15, -0.1) is 24.0 Å². The molecule has 6 nitrogen and oxygen atoms in total. The average molecular weight is 433 g/mol. The minimum Gasteiger partial charge on any atom is -0.495 e. The van der Waals surface area contributed by atoms with Crippen molar-refractivity contribution in [3.63, 3.8) is 0 Å². The van der Waals surface area contributed by atoms with E-state index in [0.29, 0.717) is 18.5 Å². The van der Waals surface area contributed by atoms with Crippen molar-refractivity contribution in [1.29, 1.82) is 0 Å². The lowest BCUT2D eigenvalue weighted by molar-refractivity contribution is 0.122. The van der Waals surface area contributed by atoms with Crippen LogP contribution >= 0.6 is 24.0 Å². The number of para-hydroxylation sites is 2. The van der Waals surface area contributed by atoms with Gasteiger partial charge >= 0.3 is 0 Å². The maximum atomic E-state index is 5.99. The third-order valence-electron chi connectivity index (χ3n) is 4.06. The van der Waals surface area contributed by atoms with Crippen LogP contribution in [0.3, 0.4) is 0 Å². The van der Waals surface area contributed by atoms with Crippen molar-refractivity contribution in [2.24, 2.45) is 10.7 Å². The average Bonchev–Trinajstić information content (AvgIpc) is 2.54. The fraction of sp³-hybridized carbons (Fsp3) is 0.562. The highest BCUT2D eigenvalue weighted by atomic mass is 127. The molecule has 0 aliphatic carbocycles. The standard InChI is InChI=1S/C16H27N5O.HI/c1-13(21-10-8-20(2)9-11-21)12-18-16(17)19-14-6-4-5-7-15(14)22-3;/h4-7,13H,8-12H2,1-3H3,(H3,17,18,19);1H. The third-order valence-corrected chi connectivity index (χ3v) is 4.06. The molecule has 23 heavy (non-hydrogen) atoms. The first kappa shape index (κ1) is 20.0. The van der Waals surface area contributed by atoms with Gasteiger partial charge in [-0.3, -0.25) is 9.89 Å². The van der Waals surface area contributed by atoms with E-state index in [-0.39, 0.29) is 24.0 Å². The normalized spacial score (nSPS) is 18.1. The molecule has 7 heteroatoms. The molecule has 0 aromatic heterocycles. The van der Waals surface area contributed by atoms with Crippen LogP contribution < -0.4 is 15.8 Å². The number of methoxy groups -OCH3 is 1. The third kappa shape index (κ3) is 6.15. The van der Waals surface area contributed by atoms with Gasteiger partial charge in [-0.2, -0.15) is 0 Å². The summed E-state index contributed by atoms with van der Waals surface area (Å²) in [5.41, 5.74) is 6.82.